The Morgan fingerprint density at radius 2 is 1.62 bits per heavy atom. The van der Waals surface area contributed by atoms with Gasteiger partial charge in [-0.25, -0.2) is 8.42 Å². The fraction of sp³-hybridized carbons (Fsp3) is 0.355. The zero-order chi connectivity index (χ0) is 29.3. The van der Waals surface area contributed by atoms with E-state index in [1.807, 2.05) is 58.0 Å². The lowest BCUT2D eigenvalue weighted by atomic mass is 10.1. The molecule has 0 aliphatic rings. The number of hydrogen-bond acceptors (Lipinski definition) is 4. The van der Waals surface area contributed by atoms with Crippen LogP contribution < -0.4 is 9.62 Å². The molecule has 0 fully saturated rings. The van der Waals surface area contributed by atoms with Gasteiger partial charge in [0.05, 0.1) is 10.6 Å². The van der Waals surface area contributed by atoms with Gasteiger partial charge in [-0.15, -0.1) is 0 Å². The van der Waals surface area contributed by atoms with Crippen LogP contribution in [-0.4, -0.2) is 50.8 Å². The first-order chi connectivity index (χ1) is 19.0. The molecule has 1 N–H and O–H groups in total. The summed E-state index contributed by atoms with van der Waals surface area (Å²) in [6.45, 7) is 8.06. The minimum absolute atomic E-state index is 0.0865. The van der Waals surface area contributed by atoms with Crippen molar-refractivity contribution in [3.05, 3.63) is 94.5 Å². The summed E-state index contributed by atoms with van der Waals surface area (Å²) in [7, 11) is -4.09. The van der Waals surface area contributed by atoms with E-state index in [2.05, 4.69) is 21.2 Å². The van der Waals surface area contributed by atoms with Gasteiger partial charge in [0, 0.05) is 17.6 Å². The van der Waals surface area contributed by atoms with Gasteiger partial charge < -0.3 is 10.2 Å². The molecule has 0 bridgehead atoms. The van der Waals surface area contributed by atoms with E-state index in [1.54, 1.807) is 48.5 Å². The standard InChI is InChI=1S/C31H38BrN3O4S/c1-5-29(31(37)33-21-23(2)3)34(19-18-25-10-7-6-8-11-25)30(36)22-35(27-13-9-12-26(32)20-27)40(38,39)28-16-14-24(4)15-17-28/h6-17,20,23,29H,5,18-19,21-22H2,1-4H3,(H,33,37)/t29-/m0/s1. The maximum Gasteiger partial charge on any atom is 0.264 e. The predicted molar refractivity (Wildman–Crippen MR) is 164 cm³/mol. The van der Waals surface area contributed by atoms with Crippen LogP contribution in [0.1, 0.15) is 38.3 Å². The zero-order valence-corrected chi connectivity index (χ0v) is 25.9. The quantitative estimate of drug-likeness (QED) is 0.268. The average Bonchev–Trinajstić information content (AvgIpc) is 2.93. The van der Waals surface area contributed by atoms with Crippen molar-refractivity contribution >= 4 is 43.5 Å². The van der Waals surface area contributed by atoms with Crippen LogP contribution in [0.15, 0.2) is 88.2 Å². The number of benzene rings is 3. The predicted octanol–water partition coefficient (Wildman–Crippen LogP) is 5.57. The molecule has 2 amide bonds. The smallest absolute Gasteiger partial charge is 0.264 e. The van der Waals surface area contributed by atoms with E-state index in [0.717, 1.165) is 15.4 Å². The van der Waals surface area contributed by atoms with Crippen LogP contribution in [0.25, 0.3) is 0 Å². The second-order valence-electron chi connectivity index (χ2n) is 10.2. The van der Waals surface area contributed by atoms with E-state index in [0.29, 0.717) is 29.5 Å². The van der Waals surface area contributed by atoms with Crippen molar-refractivity contribution < 1.29 is 18.0 Å². The van der Waals surface area contributed by atoms with Gasteiger partial charge in [-0.3, -0.25) is 13.9 Å². The highest BCUT2D eigenvalue weighted by Gasteiger charge is 2.33. The van der Waals surface area contributed by atoms with Gasteiger partial charge in [0.1, 0.15) is 12.6 Å². The van der Waals surface area contributed by atoms with Gasteiger partial charge in [0.25, 0.3) is 10.0 Å². The summed E-state index contributed by atoms with van der Waals surface area (Å²) in [5.74, 6) is -0.437. The molecular weight excluding hydrogens is 590 g/mol. The number of sulfonamides is 1. The third-order valence-corrected chi connectivity index (χ3v) is 8.82. The molecule has 0 aromatic heterocycles. The molecule has 0 unspecified atom stereocenters. The number of aryl methyl sites for hydroxylation is 1. The molecule has 9 heteroatoms. The molecule has 0 aliphatic carbocycles. The Labute approximate surface area is 246 Å². The molecule has 0 spiro atoms. The normalized spacial score (nSPS) is 12.2. The highest BCUT2D eigenvalue weighted by Crippen LogP contribution is 2.27. The van der Waals surface area contributed by atoms with E-state index in [1.165, 1.54) is 4.90 Å². The second kappa shape index (κ2) is 14.5. The largest absolute Gasteiger partial charge is 0.354 e. The second-order valence-corrected chi connectivity index (χ2v) is 13.0. The van der Waals surface area contributed by atoms with Crippen molar-refractivity contribution in [3.63, 3.8) is 0 Å². The Bertz CT molecular complexity index is 1380. The summed E-state index contributed by atoms with van der Waals surface area (Å²) in [6.07, 6.45) is 0.925. The summed E-state index contributed by atoms with van der Waals surface area (Å²) < 4.78 is 29.6. The Kier molecular flexibility index (Phi) is 11.3. The van der Waals surface area contributed by atoms with Crippen LogP contribution >= 0.6 is 15.9 Å². The molecule has 214 valence electrons. The van der Waals surface area contributed by atoms with Crippen LogP contribution in [0.5, 0.6) is 0 Å². The Morgan fingerprint density at radius 3 is 2.23 bits per heavy atom. The highest BCUT2D eigenvalue weighted by molar-refractivity contribution is 9.10. The molecule has 0 heterocycles. The summed E-state index contributed by atoms with van der Waals surface area (Å²) in [6, 6.07) is 22.4. The van der Waals surface area contributed by atoms with E-state index in [4.69, 9.17) is 0 Å². The van der Waals surface area contributed by atoms with E-state index in [9.17, 15) is 18.0 Å². The third kappa shape index (κ3) is 8.41. The van der Waals surface area contributed by atoms with Crippen molar-refractivity contribution in [2.75, 3.05) is 23.9 Å². The number of hydrogen-bond donors (Lipinski definition) is 1. The molecule has 0 aliphatic heterocycles. The third-order valence-electron chi connectivity index (χ3n) is 6.54. The molecule has 0 saturated carbocycles. The fourth-order valence-corrected chi connectivity index (χ4v) is 6.11. The summed E-state index contributed by atoms with van der Waals surface area (Å²) in [4.78, 5) is 28.9. The van der Waals surface area contributed by atoms with Crippen LogP contribution in [0.3, 0.4) is 0 Å². The number of anilines is 1. The molecule has 3 rings (SSSR count). The molecule has 3 aromatic carbocycles. The van der Waals surface area contributed by atoms with Crippen molar-refractivity contribution in [1.82, 2.24) is 10.2 Å². The highest BCUT2D eigenvalue weighted by atomic mass is 79.9. The fourth-order valence-electron chi connectivity index (χ4n) is 4.32. The van der Waals surface area contributed by atoms with Gasteiger partial charge >= 0.3 is 0 Å². The first-order valence-corrected chi connectivity index (χ1v) is 15.7. The maximum absolute atomic E-state index is 14.0. The van der Waals surface area contributed by atoms with Crippen LogP contribution in [0.4, 0.5) is 5.69 Å². The van der Waals surface area contributed by atoms with Crippen LogP contribution in [0, 0.1) is 12.8 Å². The number of nitrogens with zero attached hydrogens (tertiary/aromatic N) is 2. The number of amides is 2. The Morgan fingerprint density at radius 1 is 0.950 bits per heavy atom. The molecule has 40 heavy (non-hydrogen) atoms. The maximum atomic E-state index is 14.0. The summed E-state index contributed by atoms with van der Waals surface area (Å²) in [5.41, 5.74) is 2.30. The molecule has 1 atom stereocenters. The minimum atomic E-state index is -4.09. The first kappa shape index (κ1) is 31.4. The summed E-state index contributed by atoms with van der Waals surface area (Å²) >= 11 is 3.42. The Hall–Kier alpha value is -3.17. The minimum Gasteiger partial charge on any atom is -0.354 e. The van der Waals surface area contributed by atoms with Gasteiger partial charge in [-0.1, -0.05) is 90.8 Å². The van der Waals surface area contributed by atoms with Crippen molar-refractivity contribution in [2.24, 2.45) is 5.92 Å². The topological polar surface area (TPSA) is 86.8 Å². The first-order valence-electron chi connectivity index (χ1n) is 13.5. The SMILES string of the molecule is CC[C@@H](C(=O)NCC(C)C)N(CCc1ccccc1)C(=O)CN(c1cccc(Br)c1)S(=O)(=O)c1ccc(C)cc1. The van der Waals surface area contributed by atoms with Crippen molar-refractivity contribution in [1.29, 1.82) is 0 Å². The lowest BCUT2D eigenvalue weighted by Crippen LogP contribution is -2.53. The van der Waals surface area contributed by atoms with E-state index < -0.39 is 28.5 Å². The zero-order valence-electron chi connectivity index (χ0n) is 23.5. The average molecular weight is 629 g/mol. The van der Waals surface area contributed by atoms with Gasteiger partial charge in [0.15, 0.2) is 0 Å². The number of halogens is 1. The Balaban J connectivity index is 1.99. The molecular formula is C31H38BrN3O4S. The number of nitrogens with one attached hydrogen (secondary N) is 1. The van der Waals surface area contributed by atoms with Crippen molar-refractivity contribution in [2.45, 2.75) is 51.5 Å². The number of carbonyl (C=O) groups excluding carboxylic acids is 2. The van der Waals surface area contributed by atoms with Gasteiger partial charge in [-0.05, 0) is 61.6 Å². The summed E-state index contributed by atoms with van der Waals surface area (Å²) in [5, 5.41) is 2.95. The molecule has 0 radical (unpaired) electrons. The van der Waals surface area contributed by atoms with Gasteiger partial charge in [0.2, 0.25) is 11.8 Å². The van der Waals surface area contributed by atoms with Gasteiger partial charge in [-0.2, -0.15) is 0 Å². The molecule has 7 nitrogen and oxygen atoms in total. The lowest BCUT2D eigenvalue weighted by Gasteiger charge is -2.33. The lowest BCUT2D eigenvalue weighted by molar-refractivity contribution is -0.139. The number of rotatable bonds is 13. The van der Waals surface area contributed by atoms with Crippen LogP contribution in [-0.2, 0) is 26.0 Å². The molecule has 0 saturated heterocycles. The monoisotopic (exact) mass is 627 g/mol. The van der Waals surface area contributed by atoms with E-state index in [-0.39, 0.29) is 23.3 Å². The number of carbonyl (C=O) groups is 2. The van der Waals surface area contributed by atoms with Crippen molar-refractivity contribution in [3.8, 4) is 0 Å². The molecule has 3 aromatic rings. The van der Waals surface area contributed by atoms with E-state index >= 15 is 0 Å². The van der Waals surface area contributed by atoms with Crippen LogP contribution in [0.2, 0.25) is 0 Å².